The first-order chi connectivity index (χ1) is 8.74. The van der Waals surface area contributed by atoms with Crippen LogP contribution in [0.15, 0.2) is 24.3 Å². The molecule has 1 heterocycles. The molecule has 2 rings (SSSR count). The van der Waals surface area contributed by atoms with E-state index in [2.05, 4.69) is 16.3 Å². The molecule has 3 N–H and O–H groups in total. The fraction of sp³-hybridized carbons (Fsp3) is 0.231. The van der Waals surface area contributed by atoms with E-state index in [9.17, 15) is 0 Å². The number of hydrogen-bond donors (Lipinski definition) is 2. The molecule has 0 fully saturated rings. The van der Waals surface area contributed by atoms with Crippen molar-refractivity contribution in [2.75, 3.05) is 12.8 Å². The third-order valence-electron chi connectivity index (χ3n) is 2.80. The number of aryl methyl sites for hydroxylation is 2. The highest BCUT2D eigenvalue weighted by molar-refractivity contribution is 5.51. The van der Waals surface area contributed by atoms with Crippen LogP contribution in [0.1, 0.15) is 16.8 Å². The second-order valence-electron chi connectivity index (χ2n) is 3.92. The molecule has 0 aliphatic rings. The van der Waals surface area contributed by atoms with Crippen molar-refractivity contribution in [3.63, 3.8) is 0 Å². The third-order valence-corrected chi connectivity index (χ3v) is 2.80. The predicted octanol–water partition coefficient (Wildman–Crippen LogP) is 1.66. The molecule has 2 aromatic rings. The number of H-pyrrole nitrogens is 1. The van der Waals surface area contributed by atoms with Crippen molar-refractivity contribution in [2.24, 2.45) is 0 Å². The number of rotatable bonds is 4. The van der Waals surface area contributed by atoms with Gasteiger partial charge in [-0.25, -0.2) is 0 Å². The van der Waals surface area contributed by atoms with Crippen LogP contribution < -0.4 is 10.5 Å². The number of anilines is 1. The molecule has 0 aliphatic heterocycles. The molecule has 0 spiro atoms. The number of aromatic nitrogens is 2. The van der Waals surface area contributed by atoms with Crippen molar-refractivity contribution >= 4 is 5.82 Å². The van der Waals surface area contributed by atoms with E-state index in [1.165, 1.54) is 5.56 Å². The molecule has 0 bridgehead atoms. The van der Waals surface area contributed by atoms with Gasteiger partial charge in [-0.15, -0.1) is 0 Å². The maximum atomic E-state index is 8.95. The number of benzene rings is 1. The Morgan fingerprint density at radius 2 is 2.06 bits per heavy atom. The standard InChI is InChI=1S/C13H14N4O/c1-18-10-5-2-9(3-6-10)4-7-12-11(8-14)13(15)17-16-12/h2-3,5-6H,4,7H2,1H3,(H3,15,16,17). The second kappa shape index (κ2) is 5.23. The third kappa shape index (κ3) is 2.43. The van der Waals surface area contributed by atoms with E-state index < -0.39 is 0 Å². The Labute approximate surface area is 105 Å². The minimum Gasteiger partial charge on any atom is -0.497 e. The van der Waals surface area contributed by atoms with Crippen LogP contribution >= 0.6 is 0 Å². The van der Waals surface area contributed by atoms with Gasteiger partial charge in [0.15, 0.2) is 5.82 Å². The fourth-order valence-electron chi connectivity index (χ4n) is 1.76. The number of nitrogens with one attached hydrogen (secondary N) is 1. The summed E-state index contributed by atoms with van der Waals surface area (Å²) in [5.74, 6) is 1.10. The number of nitrogens with two attached hydrogens (primary N) is 1. The number of nitriles is 1. The van der Waals surface area contributed by atoms with Gasteiger partial charge in [0.1, 0.15) is 17.4 Å². The number of nitrogen functional groups attached to an aromatic ring is 1. The Morgan fingerprint density at radius 1 is 1.33 bits per heavy atom. The number of methoxy groups -OCH3 is 1. The van der Waals surface area contributed by atoms with E-state index in [0.717, 1.165) is 17.9 Å². The summed E-state index contributed by atoms with van der Waals surface area (Å²) in [5.41, 5.74) is 7.98. The van der Waals surface area contributed by atoms with E-state index in [4.69, 9.17) is 15.7 Å². The van der Waals surface area contributed by atoms with Gasteiger partial charge in [-0.05, 0) is 30.5 Å². The summed E-state index contributed by atoms with van der Waals surface area (Å²) in [6.45, 7) is 0. The van der Waals surface area contributed by atoms with Gasteiger partial charge >= 0.3 is 0 Å². The van der Waals surface area contributed by atoms with Gasteiger partial charge in [0.2, 0.25) is 0 Å². The van der Waals surface area contributed by atoms with Crippen molar-refractivity contribution in [3.05, 3.63) is 41.1 Å². The van der Waals surface area contributed by atoms with Crippen LogP contribution in [0.5, 0.6) is 5.75 Å². The van der Waals surface area contributed by atoms with E-state index >= 15 is 0 Å². The Hall–Kier alpha value is -2.48. The molecule has 0 atom stereocenters. The predicted molar refractivity (Wildman–Crippen MR) is 68.1 cm³/mol. The van der Waals surface area contributed by atoms with E-state index in [1.54, 1.807) is 7.11 Å². The Morgan fingerprint density at radius 3 is 2.67 bits per heavy atom. The number of ether oxygens (including phenoxy) is 1. The molecule has 0 radical (unpaired) electrons. The highest BCUT2D eigenvalue weighted by Gasteiger charge is 2.09. The minimum absolute atomic E-state index is 0.266. The molecule has 18 heavy (non-hydrogen) atoms. The molecule has 0 unspecified atom stereocenters. The Balaban J connectivity index is 2.04. The van der Waals surface area contributed by atoms with Crippen LogP contribution in [0, 0.1) is 11.3 Å². The van der Waals surface area contributed by atoms with Crippen LogP contribution in [-0.2, 0) is 12.8 Å². The zero-order chi connectivity index (χ0) is 13.0. The van der Waals surface area contributed by atoms with Crippen LogP contribution in [0.2, 0.25) is 0 Å². The molecule has 5 nitrogen and oxygen atoms in total. The normalized spacial score (nSPS) is 10.0. The lowest BCUT2D eigenvalue weighted by Crippen LogP contribution is -1.95. The highest BCUT2D eigenvalue weighted by Crippen LogP contribution is 2.16. The Bertz CT molecular complexity index is 566. The zero-order valence-corrected chi connectivity index (χ0v) is 10.1. The lowest BCUT2D eigenvalue weighted by molar-refractivity contribution is 0.414. The van der Waals surface area contributed by atoms with E-state index in [1.807, 2.05) is 24.3 Å². The van der Waals surface area contributed by atoms with Gasteiger partial charge in [0.05, 0.1) is 12.8 Å². The van der Waals surface area contributed by atoms with Gasteiger partial charge in [-0.2, -0.15) is 10.4 Å². The summed E-state index contributed by atoms with van der Waals surface area (Å²) >= 11 is 0. The van der Waals surface area contributed by atoms with E-state index in [0.29, 0.717) is 12.0 Å². The maximum absolute atomic E-state index is 8.95. The average Bonchev–Trinajstić information content (AvgIpc) is 2.77. The molecular formula is C13H14N4O. The average molecular weight is 242 g/mol. The quantitative estimate of drug-likeness (QED) is 0.853. The van der Waals surface area contributed by atoms with Crippen LogP contribution in [0.4, 0.5) is 5.82 Å². The van der Waals surface area contributed by atoms with Crippen molar-refractivity contribution in [1.82, 2.24) is 10.2 Å². The smallest absolute Gasteiger partial charge is 0.163 e. The zero-order valence-electron chi connectivity index (χ0n) is 10.1. The molecule has 0 amide bonds. The molecule has 0 aliphatic carbocycles. The van der Waals surface area contributed by atoms with Crippen LogP contribution in [0.3, 0.4) is 0 Å². The van der Waals surface area contributed by atoms with Crippen LogP contribution in [0.25, 0.3) is 0 Å². The SMILES string of the molecule is COc1ccc(CCc2[nH]nc(N)c2C#N)cc1. The topological polar surface area (TPSA) is 87.7 Å². The summed E-state index contributed by atoms with van der Waals surface area (Å²) < 4.78 is 5.10. The molecule has 1 aromatic heterocycles. The molecule has 1 aromatic carbocycles. The number of hydrogen-bond acceptors (Lipinski definition) is 4. The summed E-state index contributed by atoms with van der Waals surface area (Å²) in [6, 6.07) is 9.91. The van der Waals surface area contributed by atoms with E-state index in [-0.39, 0.29) is 5.82 Å². The first-order valence-electron chi connectivity index (χ1n) is 5.60. The summed E-state index contributed by atoms with van der Waals surface area (Å²) in [6.07, 6.45) is 1.53. The maximum Gasteiger partial charge on any atom is 0.163 e. The monoisotopic (exact) mass is 242 g/mol. The Kier molecular flexibility index (Phi) is 3.49. The number of nitrogens with zero attached hydrogens (tertiary/aromatic N) is 2. The fourth-order valence-corrected chi connectivity index (χ4v) is 1.76. The summed E-state index contributed by atoms with van der Waals surface area (Å²) in [4.78, 5) is 0. The van der Waals surface area contributed by atoms with Crippen LogP contribution in [-0.4, -0.2) is 17.3 Å². The lowest BCUT2D eigenvalue weighted by Gasteiger charge is -2.02. The highest BCUT2D eigenvalue weighted by atomic mass is 16.5. The first kappa shape index (κ1) is 12.0. The van der Waals surface area contributed by atoms with Gasteiger partial charge in [0.25, 0.3) is 0 Å². The largest absolute Gasteiger partial charge is 0.497 e. The number of aromatic amines is 1. The lowest BCUT2D eigenvalue weighted by atomic mass is 10.1. The van der Waals surface area contributed by atoms with Gasteiger partial charge in [-0.1, -0.05) is 12.1 Å². The molecule has 0 saturated carbocycles. The molecule has 5 heteroatoms. The molecule has 92 valence electrons. The summed E-state index contributed by atoms with van der Waals surface area (Å²) in [7, 11) is 1.64. The van der Waals surface area contributed by atoms with Crippen molar-refractivity contribution in [3.8, 4) is 11.8 Å². The first-order valence-corrected chi connectivity index (χ1v) is 5.60. The van der Waals surface area contributed by atoms with Gasteiger partial charge in [0, 0.05) is 0 Å². The second-order valence-corrected chi connectivity index (χ2v) is 3.92. The molecular weight excluding hydrogens is 228 g/mol. The van der Waals surface area contributed by atoms with Gasteiger partial charge < -0.3 is 10.5 Å². The van der Waals surface area contributed by atoms with Crippen molar-refractivity contribution in [2.45, 2.75) is 12.8 Å². The van der Waals surface area contributed by atoms with Crippen molar-refractivity contribution < 1.29 is 4.74 Å². The minimum atomic E-state index is 0.266. The summed E-state index contributed by atoms with van der Waals surface area (Å²) in [5, 5.41) is 15.6. The molecule has 0 saturated heterocycles. The van der Waals surface area contributed by atoms with Crippen molar-refractivity contribution in [1.29, 1.82) is 5.26 Å². The van der Waals surface area contributed by atoms with Gasteiger partial charge in [-0.3, -0.25) is 5.10 Å².